The van der Waals surface area contributed by atoms with E-state index in [4.69, 9.17) is 21.7 Å². The van der Waals surface area contributed by atoms with E-state index in [-0.39, 0.29) is 10.7 Å². The van der Waals surface area contributed by atoms with Gasteiger partial charge in [-0.1, -0.05) is 12.1 Å². The molecule has 7 nitrogen and oxygen atoms in total. The van der Waals surface area contributed by atoms with E-state index < -0.39 is 11.8 Å². The predicted molar refractivity (Wildman–Crippen MR) is 128 cm³/mol. The highest BCUT2D eigenvalue weighted by Gasteiger charge is 2.34. The second-order valence-electron chi connectivity index (χ2n) is 7.53. The number of hydrogen-bond donors (Lipinski definition) is 1. The van der Waals surface area contributed by atoms with Crippen molar-refractivity contribution < 1.29 is 19.1 Å². The molecule has 0 aliphatic carbocycles. The van der Waals surface area contributed by atoms with E-state index in [0.717, 1.165) is 29.9 Å². The number of rotatable bonds is 5. The van der Waals surface area contributed by atoms with Crippen molar-refractivity contribution in [2.45, 2.75) is 13.8 Å². The molecule has 2 aliphatic heterocycles. The van der Waals surface area contributed by atoms with Crippen molar-refractivity contribution in [3.63, 3.8) is 0 Å². The maximum absolute atomic E-state index is 13.3. The van der Waals surface area contributed by atoms with Gasteiger partial charge in [0, 0.05) is 24.8 Å². The third kappa shape index (κ3) is 4.51. The predicted octanol–water partition coefficient (Wildman–Crippen LogP) is 3.06. The Morgan fingerprint density at radius 1 is 1.12 bits per heavy atom. The average molecular weight is 452 g/mol. The van der Waals surface area contributed by atoms with Gasteiger partial charge in [0.05, 0.1) is 25.5 Å². The summed E-state index contributed by atoms with van der Waals surface area (Å²) in [6.45, 7) is 7.46. The van der Waals surface area contributed by atoms with Crippen molar-refractivity contribution in [1.82, 2.24) is 5.32 Å². The van der Waals surface area contributed by atoms with Gasteiger partial charge in [-0.05, 0) is 67.5 Å². The fourth-order valence-electron chi connectivity index (χ4n) is 3.77. The third-order valence-corrected chi connectivity index (χ3v) is 5.70. The van der Waals surface area contributed by atoms with Crippen LogP contribution in [0.1, 0.15) is 18.1 Å². The highest BCUT2D eigenvalue weighted by Crippen LogP contribution is 2.27. The molecule has 0 radical (unpaired) electrons. The Hall–Kier alpha value is -3.23. The first-order chi connectivity index (χ1) is 15.5. The van der Waals surface area contributed by atoms with Gasteiger partial charge in [0.25, 0.3) is 11.8 Å². The molecule has 0 aromatic heterocycles. The topological polar surface area (TPSA) is 71.1 Å². The first kappa shape index (κ1) is 22.0. The van der Waals surface area contributed by atoms with Crippen LogP contribution >= 0.6 is 12.2 Å². The Morgan fingerprint density at radius 3 is 2.62 bits per heavy atom. The van der Waals surface area contributed by atoms with Crippen LogP contribution in [0.5, 0.6) is 5.75 Å². The van der Waals surface area contributed by atoms with E-state index in [0.29, 0.717) is 31.3 Å². The van der Waals surface area contributed by atoms with Crippen molar-refractivity contribution in [3.05, 3.63) is 59.2 Å². The molecule has 0 spiro atoms. The average Bonchev–Trinajstić information content (AvgIpc) is 2.78. The number of ether oxygens (including phenoxy) is 2. The molecule has 8 heteroatoms. The van der Waals surface area contributed by atoms with Crippen LogP contribution in [0.3, 0.4) is 0 Å². The minimum Gasteiger partial charge on any atom is -0.494 e. The fourth-order valence-corrected chi connectivity index (χ4v) is 4.05. The number of hydrogen-bond acceptors (Lipinski definition) is 6. The standard InChI is InChI=1S/C24H25N3O4S/c1-3-31-20-6-4-5-19(15-20)27-23(29)21(22(28)25-24(27)32)14-17-7-8-18(13-16(17)2)26-9-11-30-12-10-26/h4-8,13-15H,3,9-12H2,1-2H3,(H,25,28,32)/b21-14+. The number of anilines is 2. The molecule has 4 rings (SSSR count). The second-order valence-corrected chi connectivity index (χ2v) is 7.92. The van der Waals surface area contributed by atoms with Crippen LogP contribution in [0.25, 0.3) is 6.08 Å². The first-order valence-electron chi connectivity index (χ1n) is 10.6. The lowest BCUT2D eigenvalue weighted by Gasteiger charge is -2.30. The van der Waals surface area contributed by atoms with Crippen LogP contribution < -0.4 is 19.9 Å². The van der Waals surface area contributed by atoms with Crippen molar-refractivity contribution in [1.29, 1.82) is 0 Å². The minimum atomic E-state index is -0.506. The van der Waals surface area contributed by atoms with Crippen molar-refractivity contribution in [3.8, 4) is 5.75 Å². The van der Waals surface area contributed by atoms with Crippen LogP contribution in [0.4, 0.5) is 11.4 Å². The van der Waals surface area contributed by atoms with E-state index in [1.165, 1.54) is 4.90 Å². The summed E-state index contributed by atoms with van der Waals surface area (Å²) in [6.07, 6.45) is 1.62. The Bertz CT molecular complexity index is 1090. The molecular formula is C24H25N3O4S. The fraction of sp³-hybridized carbons (Fsp3) is 0.292. The van der Waals surface area contributed by atoms with Gasteiger partial charge in [-0.3, -0.25) is 19.8 Å². The lowest BCUT2D eigenvalue weighted by Crippen LogP contribution is -2.54. The van der Waals surface area contributed by atoms with Gasteiger partial charge >= 0.3 is 0 Å². The minimum absolute atomic E-state index is 0.0302. The van der Waals surface area contributed by atoms with E-state index in [1.54, 1.807) is 30.3 Å². The molecule has 2 heterocycles. The Labute approximate surface area is 192 Å². The molecule has 0 bridgehead atoms. The van der Waals surface area contributed by atoms with Gasteiger partial charge in [-0.25, -0.2) is 0 Å². The molecule has 2 saturated heterocycles. The van der Waals surface area contributed by atoms with E-state index in [1.807, 2.05) is 26.0 Å². The summed E-state index contributed by atoms with van der Waals surface area (Å²) in [4.78, 5) is 29.5. The van der Waals surface area contributed by atoms with Crippen molar-refractivity contribution in [2.75, 3.05) is 42.7 Å². The maximum Gasteiger partial charge on any atom is 0.270 e. The number of carbonyl (C=O) groups is 2. The van der Waals surface area contributed by atoms with Crippen LogP contribution in [-0.2, 0) is 14.3 Å². The van der Waals surface area contributed by atoms with E-state index in [2.05, 4.69) is 16.3 Å². The summed E-state index contributed by atoms with van der Waals surface area (Å²) < 4.78 is 11.0. The summed E-state index contributed by atoms with van der Waals surface area (Å²) in [5.74, 6) is -0.351. The lowest BCUT2D eigenvalue weighted by molar-refractivity contribution is -0.122. The summed E-state index contributed by atoms with van der Waals surface area (Å²) in [7, 11) is 0. The molecule has 1 N–H and O–H groups in total. The number of thiocarbonyl (C=S) groups is 1. The number of amides is 2. The normalized spacial score (nSPS) is 18.2. The number of aryl methyl sites for hydroxylation is 1. The number of nitrogens with zero attached hydrogens (tertiary/aromatic N) is 2. The molecule has 0 atom stereocenters. The molecule has 0 saturated carbocycles. The van der Waals surface area contributed by atoms with Crippen LogP contribution in [0.2, 0.25) is 0 Å². The zero-order chi connectivity index (χ0) is 22.7. The quantitative estimate of drug-likeness (QED) is 0.428. The monoisotopic (exact) mass is 451 g/mol. The number of benzene rings is 2. The van der Waals surface area contributed by atoms with Crippen LogP contribution in [0.15, 0.2) is 48.0 Å². The molecule has 2 aliphatic rings. The lowest BCUT2D eigenvalue weighted by atomic mass is 10.0. The molecule has 0 unspecified atom stereocenters. The number of carbonyl (C=O) groups excluding carboxylic acids is 2. The summed E-state index contributed by atoms with van der Waals surface area (Å²) in [5.41, 5.74) is 3.44. The molecule has 2 amide bonds. The van der Waals surface area contributed by atoms with Gasteiger partial charge in [-0.2, -0.15) is 0 Å². The highest BCUT2D eigenvalue weighted by molar-refractivity contribution is 7.80. The number of morpholine rings is 1. The maximum atomic E-state index is 13.3. The zero-order valence-electron chi connectivity index (χ0n) is 18.1. The zero-order valence-corrected chi connectivity index (χ0v) is 18.9. The highest BCUT2D eigenvalue weighted by atomic mass is 32.1. The number of nitrogens with one attached hydrogen (secondary N) is 1. The Balaban J connectivity index is 1.64. The third-order valence-electron chi connectivity index (χ3n) is 5.42. The summed E-state index contributed by atoms with van der Waals surface area (Å²) in [6, 6.07) is 13.1. The van der Waals surface area contributed by atoms with Crippen molar-refractivity contribution in [2.24, 2.45) is 0 Å². The van der Waals surface area contributed by atoms with Gasteiger partial charge < -0.3 is 14.4 Å². The first-order valence-corrected chi connectivity index (χ1v) is 11.0. The molecule has 32 heavy (non-hydrogen) atoms. The molecule has 166 valence electrons. The van der Waals surface area contributed by atoms with E-state index in [9.17, 15) is 9.59 Å². The smallest absolute Gasteiger partial charge is 0.270 e. The SMILES string of the molecule is CCOc1cccc(N2C(=O)/C(=C/c3ccc(N4CCOCC4)cc3C)C(=O)NC2=S)c1. The van der Waals surface area contributed by atoms with Gasteiger partial charge in [0.1, 0.15) is 11.3 Å². The van der Waals surface area contributed by atoms with Gasteiger partial charge in [-0.15, -0.1) is 0 Å². The second kappa shape index (κ2) is 9.50. The van der Waals surface area contributed by atoms with Crippen molar-refractivity contribution >= 4 is 46.6 Å². The Kier molecular flexibility index (Phi) is 6.53. The Morgan fingerprint density at radius 2 is 1.91 bits per heavy atom. The largest absolute Gasteiger partial charge is 0.494 e. The van der Waals surface area contributed by atoms with Gasteiger partial charge in [0.2, 0.25) is 0 Å². The molecular weight excluding hydrogens is 426 g/mol. The molecule has 2 aromatic rings. The summed E-state index contributed by atoms with van der Waals surface area (Å²) >= 11 is 5.29. The van der Waals surface area contributed by atoms with Crippen LogP contribution in [0, 0.1) is 6.92 Å². The molecule has 2 fully saturated rings. The van der Waals surface area contributed by atoms with Gasteiger partial charge in [0.15, 0.2) is 5.11 Å². The van der Waals surface area contributed by atoms with E-state index >= 15 is 0 Å². The van der Waals surface area contributed by atoms with Crippen LogP contribution in [-0.4, -0.2) is 49.8 Å². The molecule has 2 aromatic carbocycles. The summed E-state index contributed by atoms with van der Waals surface area (Å²) in [5, 5.41) is 2.68.